The Kier molecular flexibility index (Phi) is 7.21. The van der Waals surface area contributed by atoms with Crippen molar-refractivity contribution in [3.63, 3.8) is 0 Å². The lowest BCUT2D eigenvalue weighted by Gasteiger charge is -2.26. The normalized spacial score (nSPS) is 15.0. The molecule has 1 heterocycles. The third-order valence-electron chi connectivity index (χ3n) is 5.20. The van der Waals surface area contributed by atoms with Crippen LogP contribution in [0, 0.1) is 0 Å². The van der Waals surface area contributed by atoms with Gasteiger partial charge >= 0.3 is 0 Å². The first kappa shape index (κ1) is 24.2. The molecule has 3 aromatic rings. The molecule has 3 aromatic carbocycles. The third kappa shape index (κ3) is 5.58. The van der Waals surface area contributed by atoms with Crippen LogP contribution in [0.1, 0.15) is 15.9 Å². The summed E-state index contributed by atoms with van der Waals surface area (Å²) in [4.78, 5) is 12.6. The SMILES string of the molecule is CS(=O)(=O)N(Cc1ccc(C(=O)NC[C@H]2COc3ccccc3O2)cc1)c1cccc(Cl)c1Cl. The minimum Gasteiger partial charge on any atom is -0.486 e. The van der Waals surface area contributed by atoms with E-state index < -0.39 is 10.0 Å². The van der Waals surface area contributed by atoms with E-state index in [9.17, 15) is 13.2 Å². The van der Waals surface area contributed by atoms with Crippen molar-refractivity contribution in [2.45, 2.75) is 12.6 Å². The van der Waals surface area contributed by atoms with Crippen molar-refractivity contribution in [1.29, 1.82) is 0 Å². The fraction of sp³-hybridized carbons (Fsp3) is 0.208. The van der Waals surface area contributed by atoms with Crippen LogP contribution in [0.3, 0.4) is 0 Å². The maximum absolute atomic E-state index is 12.6. The number of nitrogens with one attached hydrogen (secondary N) is 1. The monoisotopic (exact) mass is 520 g/mol. The molecule has 0 radical (unpaired) electrons. The number of halogens is 2. The van der Waals surface area contributed by atoms with E-state index in [1.165, 1.54) is 4.31 Å². The van der Waals surface area contributed by atoms with E-state index in [2.05, 4.69) is 5.32 Å². The molecular weight excluding hydrogens is 499 g/mol. The highest BCUT2D eigenvalue weighted by Crippen LogP contribution is 2.34. The molecule has 0 bridgehead atoms. The molecule has 10 heteroatoms. The molecule has 1 N–H and O–H groups in total. The van der Waals surface area contributed by atoms with E-state index in [1.807, 2.05) is 24.3 Å². The smallest absolute Gasteiger partial charge is 0.251 e. The largest absolute Gasteiger partial charge is 0.486 e. The Morgan fingerprint density at radius 2 is 1.74 bits per heavy atom. The number of amides is 1. The number of carbonyl (C=O) groups is 1. The van der Waals surface area contributed by atoms with Crippen molar-refractivity contribution < 1.29 is 22.7 Å². The Hall–Kier alpha value is -2.94. The minimum absolute atomic E-state index is 0.0352. The Morgan fingerprint density at radius 1 is 1.03 bits per heavy atom. The molecule has 0 saturated carbocycles. The van der Waals surface area contributed by atoms with Crippen molar-refractivity contribution >= 4 is 44.8 Å². The summed E-state index contributed by atoms with van der Waals surface area (Å²) in [6.07, 6.45) is 0.797. The second kappa shape index (κ2) is 10.1. The van der Waals surface area contributed by atoms with Gasteiger partial charge in [0.15, 0.2) is 11.5 Å². The lowest BCUT2D eigenvalue weighted by Crippen LogP contribution is -2.40. The van der Waals surface area contributed by atoms with E-state index in [4.69, 9.17) is 32.7 Å². The molecule has 7 nitrogen and oxygen atoms in total. The summed E-state index contributed by atoms with van der Waals surface area (Å²) in [7, 11) is -3.64. The van der Waals surface area contributed by atoms with Crippen molar-refractivity contribution in [3.8, 4) is 11.5 Å². The standard InChI is InChI=1S/C24H22Cl2N2O5S/c1-34(30,31)28(20-6-4-5-19(25)23(20)26)14-16-9-11-17(12-10-16)24(29)27-13-18-15-32-21-7-2-3-8-22(21)33-18/h2-12,18H,13-15H2,1H3,(H,27,29)/t18-/m0/s1. The molecule has 34 heavy (non-hydrogen) atoms. The van der Waals surface area contributed by atoms with Gasteiger partial charge < -0.3 is 14.8 Å². The predicted octanol–water partition coefficient (Wildman–Crippen LogP) is 4.53. The van der Waals surface area contributed by atoms with Crippen LogP contribution in [-0.2, 0) is 16.6 Å². The highest BCUT2D eigenvalue weighted by Gasteiger charge is 2.23. The van der Waals surface area contributed by atoms with Crippen molar-refractivity contribution in [1.82, 2.24) is 5.32 Å². The average Bonchev–Trinajstić information content (AvgIpc) is 2.82. The zero-order chi connectivity index (χ0) is 24.3. The molecule has 0 aliphatic carbocycles. The molecule has 1 aliphatic rings. The number of carbonyl (C=O) groups excluding carboxylic acids is 1. The molecule has 0 unspecified atom stereocenters. The van der Waals surface area contributed by atoms with Crippen LogP contribution in [0.15, 0.2) is 66.7 Å². The Labute approximate surface area is 208 Å². The summed E-state index contributed by atoms with van der Waals surface area (Å²) in [5.74, 6) is 1.06. The van der Waals surface area contributed by atoms with Crippen LogP contribution in [0.5, 0.6) is 11.5 Å². The second-order valence-corrected chi connectivity index (χ2v) is 10.4. The maximum atomic E-state index is 12.6. The Balaban J connectivity index is 1.40. The number of sulfonamides is 1. The van der Waals surface area contributed by atoms with Gasteiger partial charge in [0.05, 0.1) is 35.1 Å². The first-order chi connectivity index (χ1) is 16.2. The number of anilines is 1. The van der Waals surface area contributed by atoms with E-state index in [1.54, 1.807) is 42.5 Å². The second-order valence-electron chi connectivity index (χ2n) is 7.75. The van der Waals surface area contributed by atoms with Gasteiger partial charge in [-0.05, 0) is 42.0 Å². The van der Waals surface area contributed by atoms with Crippen LogP contribution in [0.2, 0.25) is 10.0 Å². The molecule has 0 saturated heterocycles. The molecule has 0 spiro atoms. The lowest BCUT2D eigenvalue weighted by molar-refractivity contribution is 0.0789. The number of rotatable bonds is 7. The van der Waals surface area contributed by atoms with Gasteiger partial charge in [0, 0.05) is 5.56 Å². The summed E-state index contributed by atoms with van der Waals surface area (Å²) in [5.41, 5.74) is 1.40. The number of fused-ring (bicyclic) bond motifs is 1. The predicted molar refractivity (Wildman–Crippen MR) is 133 cm³/mol. The zero-order valence-corrected chi connectivity index (χ0v) is 20.5. The van der Waals surface area contributed by atoms with Crippen molar-refractivity contribution in [2.75, 3.05) is 23.7 Å². The quantitative estimate of drug-likeness (QED) is 0.494. The first-order valence-corrected chi connectivity index (χ1v) is 13.0. The van der Waals surface area contributed by atoms with E-state index in [0.717, 1.165) is 6.26 Å². The first-order valence-electron chi connectivity index (χ1n) is 10.4. The van der Waals surface area contributed by atoms with Gasteiger partial charge in [-0.2, -0.15) is 0 Å². The number of hydrogen-bond acceptors (Lipinski definition) is 5. The average molecular weight is 521 g/mol. The zero-order valence-electron chi connectivity index (χ0n) is 18.2. The van der Waals surface area contributed by atoms with Crippen LogP contribution < -0.4 is 19.1 Å². The Morgan fingerprint density at radius 3 is 2.44 bits per heavy atom. The summed E-state index contributed by atoms with van der Waals surface area (Å²) < 4.78 is 37.5. The number of nitrogens with zero attached hydrogens (tertiary/aromatic N) is 1. The van der Waals surface area contributed by atoms with Crippen LogP contribution in [0.25, 0.3) is 0 Å². The number of ether oxygens (including phenoxy) is 2. The summed E-state index contributed by atoms with van der Waals surface area (Å²) in [6, 6.07) is 18.9. The molecule has 4 rings (SSSR count). The number of benzene rings is 3. The van der Waals surface area contributed by atoms with E-state index >= 15 is 0 Å². The van der Waals surface area contributed by atoms with Crippen LogP contribution in [0.4, 0.5) is 5.69 Å². The fourth-order valence-corrected chi connectivity index (χ4v) is 4.81. The summed E-state index contributed by atoms with van der Waals surface area (Å²) in [5, 5.41) is 3.26. The molecule has 1 aliphatic heterocycles. The molecule has 178 valence electrons. The van der Waals surface area contributed by atoms with E-state index in [-0.39, 0.29) is 40.8 Å². The molecular formula is C24H22Cl2N2O5S. The highest BCUT2D eigenvalue weighted by atomic mass is 35.5. The molecule has 1 atom stereocenters. The van der Waals surface area contributed by atoms with Gasteiger partial charge in [0.2, 0.25) is 10.0 Å². The summed E-state index contributed by atoms with van der Waals surface area (Å²) >= 11 is 12.3. The fourth-order valence-electron chi connectivity index (χ4n) is 3.47. The van der Waals surface area contributed by atoms with Gasteiger partial charge in [-0.15, -0.1) is 0 Å². The Bertz CT molecular complexity index is 1300. The highest BCUT2D eigenvalue weighted by molar-refractivity contribution is 7.92. The number of para-hydroxylation sites is 2. The lowest BCUT2D eigenvalue weighted by atomic mass is 10.1. The van der Waals surface area contributed by atoms with Gasteiger partial charge in [-0.1, -0.05) is 53.5 Å². The molecule has 0 fully saturated rings. The minimum atomic E-state index is -3.64. The molecule has 0 aromatic heterocycles. The van der Waals surface area contributed by atoms with Crippen molar-refractivity contribution in [3.05, 3.63) is 87.9 Å². The van der Waals surface area contributed by atoms with Crippen molar-refractivity contribution in [2.24, 2.45) is 0 Å². The van der Waals surface area contributed by atoms with Crippen LogP contribution >= 0.6 is 23.2 Å². The molecule has 1 amide bonds. The van der Waals surface area contributed by atoms with Crippen LogP contribution in [-0.4, -0.2) is 39.8 Å². The van der Waals surface area contributed by atoms with Gasteiger partial charge in [0.25, 0.3) is 5.91 Å². The van der Waals surface area contributed by atoms with Gasteiger partial charge in [-0.25, -0.2) is 8.42 Å². The third-order valence-corrected chi connectivity index (χ3v) is 7.14. The van der Waals surface area contributed by atoms with Gasteiger partial charge in [0.1, 0.15) is 12.7 Å². The van der Waals surface area contributed by atoms with E-state index in [0.29, 0.717) is 29.2 Å². The van der Waals surface area contributed by atoms with Gasteiger partial charge in [-0.3, -0.25) is 9.10 Å². The maximum Gasteiger partial charge on any atom is 0.251 e. The number of hydrogen-bond donors (Lipinski definition) is 1. The topological polar surface area (TPSA) is 84.9 Å². The summed E-state index contributed by atoms with van der Waals surface area (Å²) in [6.45, 7) is 0.654.